The van der Waals surface area contributed by atoms with E-state index in [0.717, 1.165) is 21.5 Å². The number of halogens is 1. The molecule has 1 fully saturated rings. The first-order valence-electron chi connectivity index (χ1n) is 4.89. The second-order valence-corrected chi connectivity index (χ2v) is 6.42. The van der Waals surface area contributed by atoms with Gasteiger partial charge >= 0.3 is 0 Å². The van der Waals surface area contributed by atoms with Gasteiger partial charge in [0.2, 0.25) is 5.91 Å². The van der Waals surface area contributed by atoms with Crippen LogP contribution in [-0.4, -0.2) is 12.5 Å². The smallest absolute Gasteiger partial charge is 0.227 e. The fraction of sp³-hybridized carbons (Fsp3) is 0.500. The standard InChI is InChI=1S/C10H13BrN2OS/c11-8-2-1-7(15-8)5-13-9(14)10(6-12)3-4-10/h1-2H,3-6,12H2,(H,13,14). The van der Waals surface area contributed by atoms with Crippen LogP contribution in [0.4, 0.5) is 0 Å². The molecule has 1 amide bonds. The molecule has 3 N–H and O–H groups in total. The predicted molar refractivity (Wildman–Crippen MR) is 64.6 cm³/mol. The van der Waals surface area contributed by atoms with Gasteiger partial charge in [0.05, 0.1) is 15.7 Å². The zero-order valence-corrected chi connectivity index (χ0v) is 10.7. The van der Waals surface area contributed by atoms with Crippen LogP contribution >= 0.6 is 27.3 Å². The third kappa shape index (κ3) is 2.41. The maximum atomic E-state index is 11.7. The van der Waals surface area contributed by atoms with E-state index in [0.29, 0.717) is 13.1 Å². The molecule has 5 heteroatoms. The quantitative estimate of drug-likeness (QED) is 0.889. The third-order valence-corrected chi connectivity index (χ3v) is 4.40. The molecule has 1 saturated carbocycles. The van der Waals surface area contributed by atoms with Gasteiger partial charge in [0.1, 0.15) is 0 Å². The molecule has 1 aliphatic carbocycles. The minimum atomic E-state index is -0.242. The summed E-state index contributed by atoms with van der Waals surface area (Å²) in [5.74, 6) is 0.106. The number of nitrogens with two attached hydrogens (primary N) is 1. The predicted octanol–water partition coefficient (Wildman–Crippen LogP) is 1.87. The maximum absolute atomic E-state index is 11.7. The zero-order valence-electron chi connectivity index (χ0n) is 8.25. The number of carbonyl (C=O) groups excluding carboxylic acids is 1. The Morgan fingerprint density at radius 3 is 2.80 bits per heavy atom. The van der Waals surface area contributed by atoms with Crippen LogP contribution in [0.25, 0.3) is 0 Å². The summed E-state index contributed by atoms with van der Waals surface area (Å²) in [5.41, 5.74) is 5.34. The highest BCUT2D eigenvalue weighted by molar-refractivity contribution is 9.11. The average molecular weight is 289 g/mol. The van der Waals surface area contributed by atoms with E-state index in [4.69, 9.17) is 5.73 Å². The van der Waals surface area contributed by atoms with Crippen LogP contribution < -0.4 is 11.1 Å². The first-order valence-corrected chi connectivity index (χ1v) is 6.50. The summed E-state index contributed by atoms with van der Waals surface area (Å²) in [7, 11) is 0. The van der Waals surface area contributed by atoms with Crippen molar-refractivity contribution in [2.24, 2.45) is 11.1 Å². The second kappa shape index (κ2) is 4.23. The molecule has 0 aromatic carbocycles. The van der Waals surface area contributed by atoms with Crippen LogP contribution in [0.15, 0.2) is 15.9 Å². The second-order valence-electron chi connectivity index (χ2n) is 3.87. The minimum Gasteiger partial charge on any atom is -0.351 e. The minimum absolute atomic E-state index is 0.106. The number of carbonyl (C=O) groups is 1. The van der Waals surface area contributed by atoms with Crippen molar-refractivity contribution in [3.63, 3.8) is 0 Å². The number of hydrogen-bond donors (Lipinski definition) is 2. The normalized spacial score (nSPS) is 17.5. The van der Waals surface area contributed by atoms with E-state index >= 15 is 0 Å². The molecule has 0 unspecified atom stereocenters. The van der Waals surface area contributed by atoms with E-state index in [-0.39, 0.29) is 11.3 Å². The van der Waals surface area contributed by atoms with Crippen LogP contribution in [0, 0.1) is 5.41 Å². The lowest BCUT2D eigenvalue weighted by molar-refractivity contribution is -0.126. The molecule has 0 saturated heterocycles. The number of amides is 1. The topological polar surface area (TPSA) is 55.1 Å². The van der Waals surface area contributed by atoms with Gasteiger partial charge in [-0.15, -0.1) is 11.3 Å². The molecule has 2 rings (SSSR count). The molecule has 0 bridgehead atoms. The van der Waals surface area contributed by atoms with E-state index in [9.17, 15) is 4.79 Å². The zero-order chi connectivity index (χ0) is 10.9. The fourth-order valence-corrected chi connectivity index (χ4v) is 2.90. The van der Waals surface area contributed by atoms with E-state index in [2.05, 4.69) is 21.2 Å². The van der Waals surface area contributed by atoms with Gasteiger partial charge in [0.25, 0.3) is 0 Å². The molecule has 82 valence electrons. The van der Waals surface area contributed by atoms with Crippen molar-refractivity contribution in [2.45, 2.75) is 19.4 Å². The van der Waals surface area contributed by atoms with Crippen LogP contribution in [-0.2, 0) is 11.3 Å². The highest BCUT2D eigenvalue weighted by atomic mass is 79.9. The average Bonchev–Trinajstić information content (AvgIpc) is 2.93. The molecule has 0 spiro atoms. The largest absolute Gasteiger partial charge is 0.351 e. The molecular weight excluding hydrogens is 276 g/mol. The summed E-state index contributed by atoms with van der Waals surface area (Å²) in [6.07, 6.45) is 1.87. The fourth-order valence-electron chi connectivity index (χ4n) is 1.48. The van der Waals surface area contributed by atoms with Crippen molar-refractivity contribution in [3.8, 4) is 0 Å². The van der Waals surface area contributed by atoms with Crippen molar-refractivity contribution < 1.29 is 4.79 Å². The van der Waals surface area contributed by atoms with Gasteiger partial charge < -0.3 is 11.1 Å². The van der Waals surface area contributed by atoms with Crippen LogP contribution in [0.1, 0.15) is 17.7 Å². The molecule has 3 nitrogen and oxygen atoms in total. The monoisotopic (exact) mass is 288 g/mol. The van der Waals surface area contributed by atoms with Gasteiger partial charge in [-0.2, -0.15) is 0 Å². The lowest BCUT2D eigenvalue weighted by Crippen LogP contribution is -2.35. The van der Waals surface area contributed by atoms with Crippen molar-refractivity contribution in [1.82, 2.24) is 5.32 Å². The van der Waals surface area contributed by atoms with Gasteiger partial charge in [0, 0.05) is 11.4 Å². The Balaban J connectivity index is 1.86. The van der Waals surface area contributed by atoms with E-state index in [1.807, 2.05) is 12.1 Å². The molecule has 0 radical (unpaired) electrons. The van der Waals surface area contributed by atoms with Crippen molar-refractivity contribution >= 4 is 33.2 Å². The summed E-state index contributed by atoms with van der Waals surface area (Å²) in [4.78, 5) is 12.9. The van der Waals surface area contributed by atoms with Gasteiger partial charge in [-0.3, -0.25) is 4.79 Å². The van der Waals surface area contributed by atoms with Crippen LogP contribution in [0.3, 0.4) is 0 Å². The van der Waals surface area contributed by atoms with Gasteiger partial charge in [0.15, 0.2) is 0 Å². The first-order chi connectivity index (χ1) is 7.16. The Morgan fingerprint density at radius 1 is 1.60 bits per heavy atom. The van der Waals surface area contributed by atoms with Crippen molar-refractivity contribution in [1.29, 1.82) is 0 Å². The van der Waals surface area contributed by atoms with Gasteiger partial charge in [-0.05, 0) is 40.9 Å². The number of hydrogen-bond acceptors (Lipinski definition) is 3. The van der Waals surface area contributed by atoms with Gasteiger partial charge in [-0.25, -0.2) is 0 Å². The summed E-state index contributed by atoms with van der Waals surface area (Å²) in [6, 6.07) is 4.00. The molecule has 1 aliphatic rings. The van der Waals surface area contributed by atoms with E-state index in [1.54, 1.807) is 11.3 Å². The lowest BCUT2D eigenvalue weighted by Gasteiger charge is -2.11. The highest BCUT2D eigenvalue weighted by Crippen LogP contribution is 2.44. The SMILES string of the molecule is NCC1(C(=O)NCc2ccc(Br)s2)CC1. The Bertz CT molecular complexity index is 373. The van der Waals surface area contributed by atoms with Gasteiger partial charge in [-0.1, -0.05) is 0 Å². The first kappa shape index (κ1) is 11.1. The molecule has 0 aliphatic heterocycles. The van der Waals surface area contributed by atoms with Crippen molar-refractivity contribution in [3.05, 3.63) is 20.8 Å². The summed E-state index contributed by atoms with van der Waals surface area (Å²) in [6.45, 7) is 1.07. The van der Waals surface area contributed by atoms with E-state index < -0.39 is 0 Å². The van der Waals surface area contributed by atoms with E-state index in [1.165, 1.54) is 0 Å². The number of nitrogens with one attached hydrogen (secondary N) is 1. The lowest BCUT2D eigenvalue weighted by atomic mass is 10.1. The van der Waals surface area contributed by atoms with Crippen LogP contribution in [0.2, 0.25) is 0 Å². The number of rotatable bonds is 4. The Hall–Kier alpha value is -0.390. The molecule has 0 atom stereocenters. The molecule has 1 heterocycles. The highest BCUT2D eigenvalue weighted by Gasteiger charge is 2.48. The Labute approximate surface area is 101 Å². The van der Waals surface area contributed by atoms with Crippen molar-refractivity contribution in [2.75, 3.05) is 6.54 Å². The molecule has 15 heavy (non-hydrogen) atoms. The maximum Gasteiger partial charge on any atom is 0.227 e. The Morgan fingerprint density at radius 2 is 2.33 bits per heavy atom. The summed E-state index contributed by atoms with van der Waals surface area (Å²) >= 11 is 5.03. The molecule has 1 aromatic rings. The Kier molecular flexibility index (Phi) is 3.13. The molecule has 1 aromatic heterocycles. The summed E-state index contributed by atoms with van der Waals surface area (Å²) in [5, 5.41) is 2.94. The summed E-state index contributed by atoms with van der Waals surface area (Å²) < 4.78 is 1.09. The molecular formula is C10H13BrN2OS. The number of thiophene rings is 1. The van der Waals surface area contributed by atoms with Crippen LogP contribution in [0.5, 0.6) is 0 Å². The third-order valence-electron chi connectivity index (χ3n) is 2.78.